The van der Waals surface area contributed by atoms with Crippen LogP contribution in [0, 0.1) is 0 Å². The highest BCUT2D eigenvalue weighted by Crippen LogP contribution is 2.48. The third-order valence-electron chi connectivity index (χ3n) is 5.47. The summed E-state index contributed by atoms with van der Waals surface area (Å²) in [5.74, 6) is -1.59. The molecule has 0 aliphatic heterocycles. The zero-order valence-corrected chi connectivity index (χ0v) is 15.1. The summed E-state index contributed by atoms with van der Waals surface area (Å²) in [6, 6.07) is 10.1. The van der Waals surface area contributed by atoms with Gasteiger partial charge in [-0.3, -0.25) is 0 Å². The van der Waals surface area contributed by atoms with Gasteiger partial charge in [-0.05, 0) is 64.6 Å². The van der Waals surface area contributed by atoms with E-state index in [-0.39, 0.29) is 40.4 Å². The van der Waals surface area contributed by atoms with Crippen molar-refractivity contribution >= 4 is 0 Å². The van der Waals surface area contributed by atoms with Crippen molar-refractivity contribution in [1.82, 2.24) is 0 Å². The highest BCUT2D eigenvalue weighted by molar-refractivity contribution is 5.59. The molecule has 0 aromatic heterocycles. The van der Waals surface area contributed by atoms with Crippen LogP contribution in [0.25, 0.3) is 0 Å². The van der Waals surface area contributed by atoms with Crippen LogP contribution in [0.4, 0.5) is 0 Å². The molecule has 4 rings (SSSR count). The van der Waals surface area contributed by atoms with E-state index in [1.54, 1.807) is 6.07 Å². The van der Waals surface area contributed by atoms with Crippen molar-refractivity contribution in [2.75, 3.05) is 0 Å². The first-order valence-corrected chi connectivity index (χ1v) is 8.88. The van der Waals surface area contributed by atoms with Gasteiger partial charge in [0.15, 0.2) is 11.5 Å². The van der Waals surface area contributed by atoms with Gasteiger partial charge in [-0.15, -0.1) is 0 Å². The van der Waals surface area contributed by atoms with Crippen LogP contribution in [0.5, 0.6) is 34.5 Å². The molecule has 0 spiro atoms. The van der Waals surface area contributed by atoms with Crippen molar-refractivity contribution in [3.8, 4) is 34.5 Å². The number of hydrogen-bond acceptors (Lipinski definition) is 6. The zero-order chi connectivity index (χ0) is 20.2. The second kappa shape index (κ2) is 6.27. The van der Waals surface area contributed by atoms with Crippen molar-refractivity contribution in [3.63, 3.8) is 0 Å². The van der Waals surface area contributed by atoms with Crippen LogP contribution in [-0.2, 0) is 6.42 Å². The first-order valence-electron chi connectivity index (χ1n) is 8.88. The number of benzene rings is 3. The monoisotopic (exact) mass is 380 g/mol. The van der Waals surface area contributed by atoms with E-state index in [4.69, 9.17) is 0 Å². The fraction of sp³-hybridized carbons (Fsp3) is 0.182. The number of rotatable bonds is 1. The van der Waals surface area contributed by atoms with E-state index in [0.29, 0.717) is 34.2 Å². The first-order chi connectivity index (χ1) is 13.2. The van der Waals surface area contributed by atoms with Crippen LogP contribution in [0.2, 0.25) is 0 Å². The average molecular weight is 380 g/mol. The highest BCUT2D eigenvalue weighted by Gasteiger charge is 2.31. The Balaban J connectivity index is 2.03. The van der Waals surface area contributed by atoms with Crippen LogP contribution in [0.15, 0.2) is 42.5 Å². The molecule has 0 heterocycles. The first kappa shape index (κ1) is 17.9. The predicted molar refractivity (Wildman–Crippen MR) is 102 cm³/mol. The highest BCUT2D eigenvalue weighted by atomic mass is 16.3. The molecule has 0 fully saturated rings. The number of hydrogen-bond donors (Lipinski definition) is 6. The maximum atomic E-state index is 10.5. The van der Waals surface area contributed by atoms with Crippen molar-refractivity contribution in [1.29, 1.82) is 0 Å². The SMILES string of the molecule is CC1c2cc(O)c(O)cc2C(c2cc(O)cc(O)c2)Cc2c(O)cc(O)cc21. The summed E-state index contributed by atoms with van der Waals surface area (Å²) in [6.45, 7) is 1.88. The molecule has 144 valence electrons. The largest absolute Gasteiger partial charge is 0.508 e. The summed E-state index contributed by atoms with van der Waals surface area (Å²) in [5, 5.41) is 60.5. The molecule has 0 saturated heterocycles. The predicted octanol–water partition coefficient (Wildman–Crippen LogP) is 3.76. The van der Waals surface area contributed by atoms with Gasteiger partial charge < -0.3 is 30.6 Å². The van der Waals surface area contributed by atoms with E-state index in [0.717, 1.165) is 0 Å². The lowest BCUT2D eigenvalue weighted by molar-refractivity contribution is 0.402. The third-order valence-corrected chi connectivity index (χ3v) is 5.47. The number of aromatic hydroxyl groups is 6. The van der Waals surface area contributed by atoms with E-state index < -0.39 is 5.92 Å². The molecular weight excluding hydrogens is 360 g/mol. The minimum absolute atomic E-state index is 0.0579. The molecule has 6 heteroatoms. The van der Waals surface area contributed by atoms with Gasteiger partial charge >= 0.3 is 0 Å². The smallest absolute Gasteiger partial charge is 0.157 e. The molecule has 0 bridgehead atoms. The van der Waals surface area contributed by atoms with Crippen LogP contribution in [-0.4, -0.2) is 30.6 Å². The lowest BCUT2D eigenvalue weighted by Crippen LogP contribution is -2.06. The van der Waals surface area contributed by atoms with E-state index in [1.165, 1.54) is 36.4 Å². The molecule has 3 aromatic rings. The molecule has 6 N–H and O–H groups in total. The van der Waals surface area contributed by atoms with Crippen molar-refractivity contribution in [2.24, 2.45) is 0 Å². The van der Waals surface area contributed by atoms with E-state index in [9.17, 15) is 30.6 Å². The summed E-state index contributed by atoms with van der Waals surface area (Å²) in [5.41, 5.74) is 3.33. The zero-order valence-electron chi connectivity index (χ0n) is 15.1. The number of phenols is 6. The standard InChI is InChI=1S/C22H20O6/c1-10-15-5-14(25)6-20(26)19(15)7-17(11-2-12(23)4-13(24)3-11)18-9-22(28)21(27)8-16(10)18/h2-6,8-10,17,23-28H,7H2,1H3. The summed E-state index contributed by atoms with van der Waals surface area (Å²) < 4.78 is 0. The maximum Gasteiger partial charge on any atom is 0.157 e. The van der Waals surface area contributed by atoms with Gasteiger partial charge in [0.1, 0.15) is 23.0 Å². The van der Waals surface area contributed by atoms with Gasteiger partial charge in [0.25, 0.3) is 0 Å². The van der Waals surface area contributed by atoms with Gasteiger partial charge in [0.05, 0.1) is 0 Å². The molecule has 0 radical (unpaired) electrons. The van der Waals surface area contributed by atoms with Gasteiger partial charge in [-0.2, -0.15) is 0 Å². The van der Waals surface area contributed by atoms with Crippen molar-refractivity contribution in [2.45, 2.75) is 25.2 Å². The maximum absolute atomic E-state index is 10.5. The Labute approximate surface area is 161 Å². The van der Waals surface area contributed by atoms with Crippen LogP contribution in [0.3, 0.4) is 0 Å². The second-order valence-electron chi connectivity index (χ2n) is 7.26. The summed E-state index contributed by atoms with van der Waals surface area (Å²) in [4.78, 5) is 0. The molecule has 0 amide bonds. The number of phenolic OH excluding ortho intramolecular Hbond substituents is 6. The molecule has 1 aliphatic rings. The molecule has 2 unspecified atom stereocenters. The molecular formula is C22H20O6. The molecule has 6 nitrogen and oxygen atoms in total. The quantitative estimate of drug-likeness (QED) is 0.358. The molecule has 3 aromatic carbocycles. The molecule has 0 saturated carbocycles. The van der Waals surface area contributed by atoms with E-state index in [1.807, 2.05) is 6.92 Å². The molecule has 1 aliphatic carbocycles. The lowest BCUT2D eigenvalue weighted by Gasteiger charge is -2.21. The number of fused-ring (bicyclic) bond motifs is 2. The van der Waals surface area contributed by atoms with E-state index >= 15 is 0 Å². The van der Waals surface area contributed by atoms with Gasteiger partial charge in [0.2, 0.25) is 0 Å². The van der Waals surface area contributed by atoms with Gasteiger partial charge in [-0.1, -0.05) is 6.92 Å². The van der Waals surface area contributed by atoms with Gasteiger partial charge in [-0.25, -0.2) is 0 Å². The Morgan fingerprint density at radius 3 is 1.82 bits per heavy atom. The fourth-order valence-corrected chi connectivity index (χ4v) is 4.16. The summed E-state index contributed by atoms with van der Waals surface area (Å²) >= 11 is 0. The summed E-state index contributed by atoms with van der Waals surface area (Å²) in [7, 11) is 0. The van der Waals surface area contributed by atoms with Gasteiger partial charge in [0, 0.05) is 24.0 Å². The minimum atomic E-state index is -0.418. The Kier molecular flexibility index (Phi) is 4.00. The topological polar surface area (TPSA) is 121 Å². The van der Waals surface area contributed by atoms with E-state index in [2.05, 4.69) is 0 Å². The Morgan fingerprint density at radius 2 is 1.18 bits per heavy atom. The normalized spacial score (nSPS) is 18.2. The Bertz CT molecular complexity index is 1070. The molecule has 28 heavy (non-hydrogen) atoms. The average Bonchev–Trinajstić information content (AvgIpc) is 2.71. The van der Waals surface area contributed by atoms with Crippen LogP contribution in [0.1, 0.15) is 46.6 Å². The Hall–Kier alpha value is -3.54. The van der Waals surface area contributed by atoms with Crippen molar-refractivity contribution in [3.05, 3.63) is 70.3 Å². The lowest BCUT2D eigenvalue weighted by atomic mass is 9.84. The van der Waals surface area contributed by atoms with Crippen LogP contribution < -0.4 is 0 Å². The second-order valence-corrected chi connectivity index (χ2v) is 7.26. The minimum Gasteiger partial charge on any atom is -0.508 e. The molecule has 2 atom stereocenters. The van der Waals surface area contributed by atoms with Crippen LogP contribution >= 0.6 is 0 Å². The third kappa shape index (κ3) is 2.83. The Morgan fingerprint density at radius 1 is 0.607 bits per heavy atom. The van der Waals surface area contributed by atoms with Crippen molar-refractivity contribution < 1.29 is 30.6 Å². The summed E-state index contributed by atoms with van der Waals surface area (Å²) in [6.07, 6.45) is 0.311. The fourth-order valence-electron chi connectivity index (χ4n) is 4.16.